The molecule has 0 bridgehead atoms. The number of piperidine rings is 1. The van der Waals surface area contributed by atoms with E-state index in [0.29, 0.717) is 36.2 Å². The molecule has 208 valence electrons. The molecule has 10 heteroatoms. The van der Waals surface area contributed by atoms with Crippen molar-refractivity contribution in [3.05, 3.63) is 99.8 Å². The van der Waals surface area contributed by atoms with Crippen LogP contribution in [0, 0.1) is 0 Å². The predicted octanol–water partition coefficient (Wildman–Crippen LogP) is 6.33. The van der Waals surface area contributed by atoms with Crippen LogP contribution in [0.5, 0.6) is 0 Å². The van der Waals surface area contributed by atoms with Gasteiger partial charge in [0.1, 0.15) is 12.1 Å². The van der Waals surface area contributed by atoms with Gasteiger partial charge in [-0.15, -0.1) is 0 Å². The molecule has 2 aliphatic rings. The number of halogens is 2. The third-order valence-corrected chi connectivity index (χ3v) is 10.5. The molecule has 3 heterocycles. The third-order valence-electron chi connectivity index (χ3n) is 7.91. The fraction of sp³-hybridized carbons (Fsp3) is 0.333. The summed E-state index contributed by atoms with van der Waals surface area (Å²) in [5.41, 5.74) is 4.18. The van der Waals surface area contributed by atoms with Gasteiger partial charge in [0.05, 0.1) is 5.52 Å². The van der Waals surface area contributed by atoms with Gasteiger partial charge in [-0.2, -0.15) is 17.0 Å². The van der Waals surface area contributed by atoms with Crippen molar-refractivity contribution >= 4 is 50.1 Å². The molecular formula is C30H31Cl2N5O2S. The highest BCUT2D eigenvalue weighted by molar-refractivity contribution is 7.86. The number of hydrogen-bond donors (Lipinski definition) is 1. The fourth-order valence-electron chi connectivity index (χ4n) is 5.76. The van der Waals surface area contributed by atoms with Crippen LogP contribution in [0.1, 0.15) is 48.3 Å². The van der Waals surface area contributed by atoms with Crippen LogP contribution < -0.4 is 5.32 Å². The molecule has 0 saturated carbocycles. The Balaban J connectivity index is 1.27. The Bertz CT molecular complexity index is 1540. The molecule has 0 aliphatic carbocycles. The lowest BCUT2D eigenvalue weighted by atomic mass is 9.84. The monoisotopic (exact) mass is 595 g/mol. The first-order valence-corrected chi connectivity index (χ1v) is 15.8. The first-order valence-electron chi connectivity index (χ1n) is 13.7. The minimum Gasteiger partial charge on any atom is -0.367 e. The first kappa shape index (κ1) is 27.4. The van der Waals surface area contributed by atoms with Gasteiger partial charge in [0.2, 0.25) is 0 Å². The van der Waals surface area contributed by atoms with E-state index in [1.165, 1.54) is 0 Å². The van der Waals surface area contributed by atoms with Crippen molar-refractivity contribution < 1.29 is 8.42 Å². The Morgan fingerprint density at radius 3 is 1.90 bits per heavy atom. The van der Waals surface area contributed by atoms with E-state index < -0.39 is 10.2 Å². The summed E-state index contributed by atoms with van der Waals surface area (Å²) in [6.07, 6.45) is 4.90. The largest absolute Gasteiger partial charge is 0.367 e. The lowest BCUT2D eigenvalue weighted by Crippen LogP contribution is -2.48. The van der Waals surface area contributed by atoms with Crippen molar-refractivity contribution in [1.29, 1.82) is 0 Å². The molecule has 2 aliphatic heterocycles. The summed E-state index contributed by atoms with van der Waals surface area (Å²) in [6, 6.07) is 22.3. The Hall–Kier alpha value is -2.75. The smallest absolute Gasteiger partial charge is 0.281 e. The van der Waals surface area contributed by atoms with Crippen LogP contribution >= 0.6 is 23.2 Å². The molecule has 7 nitrogen and oxygen atoms in total. The van der Waals surface area contributed by atoms with Crippen molar-refractivity contribution in [3.63, 3.8) is 0 Å². The number of nitrogens with one attached hydrogen (secondary N) is 1. The lowest BCUT2D eigenvalue weighted by molar-refractivity contribution is 0.304. The van der Waals surface area contributed by atoms with Gasteiger partial charge >= 0.3 is 0 Å². The summed E-state index contributed by atoms with van der Waals surface area (Å²) in [5.74, 6) is 0.727. The number of anilines is 1. The van der Waals surface area contributed by atoms with Crippen molar-refractivity contribution in [2.24, 2.45) is 0 Å². The van der Waals surface area contributed by atoms with Gasteiger partial charge in [-0.25, -0.2) is 9.97 Å². The average molecular weight is 597 g/mol. The van der Waals surface area contributed by atoms with E-state index >= 15 is 0 Å². The van der Waals surface area contributed by atoms with Gasteiger partial charge in [0, 0.05) is 53.6 Å². The van der Waals surface area contributed by atoms with Crippen LogP contribution in [0.2, 0.25) is 10.0 Å². The Morgan fingerprint density at radius 2 is 1.30 bits per heavy atom. The highest BCUT2D eigenvalue weighted by Gasteiger charge is 2.34. The van der Waals surface area contributed by atoms with E-state index in [4.69, 9.17) is 23.2 Å². The molecule has 6 rings (SSSR count). The minimum atomic E-state index is -3.37. The number of nitrogens with zero attached hydrogens (tertiary/aromatic N) is 4. The SMILES string of the molecule is O=S(=O)(N1CCCC1)N1CCC(Nc2ncnc3ccc(C(c4ccc(Cl)cc4)c4ccc(Cl)cc4)cc23)CC1. The van der Waals surface area contributed by atoms with E-state index in [-0.39, 0.29) is 12.0 Å². The summed E-state index contributed by atoms with van der Waals surface area (Å²) in [5, 5.41) is 5.92. The highest BCUT2D eigenvalue weighted by atomic mass is 35.5. The maximum Gasteiger partial charge on any atom is 0.281 e. The Kier molecular flexibility index (Phi) is 7.97. The molecule has 0 atom stereocenters. The molecule has 0 amide bonds. The van der Waals surface area contributed by atoms with Crippen molar-refractivity contribution in [2.45, 2.75) is 37.6 Å². The standard InChI is InChI=1S/C30H31Cl2N5O2S/c31-24-8-3-21(4-9-24)29(22-5-10-25(32)11-6-22)23-7-12-28-27(19-23)30(34-20-33-28)35-26-13-17-37(18-14-26)40(38,39)36-15-1-2-16-36/h3-12,19-20,26,29H,1-2,13-18H2,(H,33,34,35). The summed E-state index contributed by atoms with van der Waals surface area (Å²) in [7, 11) is -3.37. The second-order valence-electron chi connectivity index (χ2n) is 10.5. The molecule has 3 aromatic carbocycles. The van der Waals surface area contributed by atoms with Crippen LogP contribution in [0.3, 0.4) is 0 Å². The van der Waals surface area contributed by atoms with E-state index in [1.54, 1.807) is 14.9 Å². The van der Waals surface area contributed by atoms with E-state index in [2.05, 4.69) is 51.7 Å². The van der Waals surface area contributed by atoms with Gasteiger partial charge in [-0.3, -0.25) is 0 Å². The second-order valence-corrected chi connectivity index (χ2v) is 13.3. The number of hydrogen-bond acceptors (Lipinski definition) is 5. The molecule has 2 saturated heterocycles. The number of aromatic nitrogens is 2. The zero-order chi connectivity index (χ0) is 27.7. The Labute approximate surface area is 245 Å². The van der Waals surface area contributed by atoms with E-state index in [1.807, 2.05) is 30.3 Å². The van der Waals surface area contributed by atoms with Gasteiger partial charge in [0.15, 0.2) is 0 Å². The average Bonchev–Trinajstić information content (AvgIpc) is 3.52. The highest BCUT2D eigenvalue weighted by Crippen LogP contribution is 2.36. The van der Waals surface area contributed by atoms with Crippen LogP contribution in [-0.2, 0) is 10.2 Å². The molecule has 0 radical (unpaired) electrons. The van der Waals surface area contributed by atoms with E-state index in [0.717, 1.165) is 59.1 Å². The van der Waals surface area contributed by atoms with Gasteiger partial charge in [-0.1, -0.05) is 53.5 Å². The van der Waals surface area contributed by atoms with Crippen LogP contribution in [0.4, 0.5) is 5.82 Å². The molecular weight excluding hydrogens is 565 g/mol. The maximum atomic E-state index is 13.0. The van der Waals surface area contributed by atoms with Crippen LogP contribution in [0.15, 0.2) is 73.1 Å². The van der Waals surface area contributed by atoms with Gasteiger partial charge in [0.25, 0.3) is 10.2 Å². The maximum absolute atomic E-state index is 13.0. The summed E-state index contributed by atoms with van der Waals surface area (Å²) in [6.45, 7) is 2.26. The van der Waals surface area contributed by atoms with Crippen molar-refractivity contribution in [2.75, 3.05) is 31.5 Å². The quantitative estimate of drug-likeness (QED) is 0.252. The third kappa shape index (κ3) is 5.69. The fourth-order valence-corrected chi connectivity index (χ4v) is 7.73. The first-order chi connectivity index (χ1) is 19.4. The molecule has 4 aromatic rings. The summed E-state index contributed by atoms with van der Waals surface area (Å²) in [4.78, 5) is 9.12. The second kappa shape index (κ2) is 11.6. The van der Waals surface area contributed by atoms with Crippen LogP contribution in [-0.4, -0.2) is 59.2 Å². The molecule has 1 N–H and O–H groups in total. The number of rotatable bonds is 7. The molecule has 1 aromatic heterocycles. The van der Waals surface area contributed by atoms with Crippen molar-refractivity contribution in [1.82, 2.24) is 18.6 Å². The minimum absolute atomic E-state index is 0.0361. The van der Waals surface area contributed by atoms with Gasteiger partial charge < -0.3 is 5.32 Å². The molecule has 40 heavy (non-hydrogen) atoms. The molecule has 0 spiro atoms. The van der Waals surface area contributed by atoms with Crippen molar-refractivity contribution in [3.8, 4) is 0 Å². The topological polar surface area (TPSA) is 78.4 Å². The van der Waals surface area contributed by atoms with Gasteiger partial charge in [-0.05, 0) is 78.8 Å². The summed E-state index contributed by atoms with van der Waals surface area (Å²) < 4.78 is 29.3. The Morgan fingerprint density at radius 1 is 0.750 bits per heavy atom. The molecule has 0 unspecified atom stereocenters. The van der Waals surface area contributed by atoms with E-state index in [9.17, 15) is 8.42 Å². The predicted molar refractivity (Wildman–Crippen MR) is 161 cm³/mol. The number of fused-ring (bicyclic) bond motifs is 1. The zero-order valence-electron chi connectivity index (χ0n) is 22.0. The normalized spacial score (nSPS) is 17.6. The number of benzene rings is 3. The zero-order valence-corrected chi connectivity index (χ0v) is 24.3. The van der Waals surface area contributed by atoms with Crippen LogP contribution in [0.25, 0.3) is 10.9 Å². The lowest BCUT2D eigenvalue weighted by Gasteiger charge is -2.34. The molecule has 2 fully saturated rings. The summed E-state index contributed by atoms with van der Waals surface area (Å²) >= 11 is 12.4.